The average molecular weight is 304 g/mol. The maximum atomic E-state index is 11.6. The molecule has 0 amide bonds. The molecule has 0 radical (unpaired) electrons. The number of nitrogens with zero attached hydrogens (tertiary/aromatic N) is 3. The van der Waals surface area contributed by atoms with Crippen LogP contribution in [0.2, 0.25) is 0 Å². The topological polar surface area (TPSA) is 129 Å². The third kappa shape index (κ3) is 2.18. The van der Waals surface area contributed by atoms with Crippen LogP contribution >= 0.6 is 0 Å². The van der Waals surface area contributed by atoms with Crippen molar-refractivity contribution in [2.24, 2.45) is 5.14 Å². The summed E-state index contributed by atoms with van der Waals surface area (Å²) in [6.45, 7) is 0. The van der Waals surface area contributed by atoms with E-state index in [1.54, 1.807) is 6.07 Å². The lowest BCUT2D eigenvalue weighted by Gasteiger charge is -2.05. The van der Waals surface area contributed by atoms with Gasteiger partial charge in [0.05, 0.1) is 4.90 Å². The predicted molar refractivity (Wildman–Crippen MR) is 75.1 cm³/mol. The molecule has 0 bridgehead atoms. The van der Waals surface area contributed by atoms with Gasteiger partial charge in [0, 0.05) is 10.8 Å². The van der Waals surface area contributed by atoms with E-state index in [4.69, 9.17) is 5.14 Å². The summed E-state index contributed by atoms with van der Waals surface area (Å²) in [7, 11) is -3.88. The second-order valence-corrected chi connectivity index (χ2v) is 5.84. The van der Waals surface area contributed by atoms with E-state index in [9.17, 15) is 18.5 Å². The quantitative estimate of drug-likeness (QED) is 0.432. The number of hydrogen-bond donors (Lipinski definition) is 1. The fourth-order valence-electron chi connectivity index (χ4n) is 2.14. The van der Waals surface area contributed by atoms with Crippen LogP contribution < -0.4 is 5.14 Å². The standard InChI is InChI=1S/C12H8N4O4S/c13-21(19,20)10-3-1-2-8-7(10)4-5-9-12(8)14-6-11(15-9)16(17)18/h1-6H,(H2,13,19,20). The third-order valence-corrected chi connectivity index (χ3v) is 3.98. The first-order valence-corrected chi connectivity index (χ1v) is 7.28. The maximum absolute atomic E-state index is 11.6. The van der Waals surface area contributed by atoms with Gasteiger partial charge in [0.25, 0.3) is 0 Å². The van der Waals surface area contributed by atoms with E-state index in [1.807, 2.05) is 0 Å². The summed E-state index contributed by atoms with van der Waals surface area (Å²) in [6.07, 6.45) is 1.03. The van der Waals surface area contributed by atoms with Crippen molar-refractivity contribution < 1.29 is 13.3 Å². The summed E-state index contributed by atoms with van der Waals surface area (Å²) in [5.41, 5.74) is 0.687. The molecule has 9 heteroatoms. The van der Waals surface area contributed by atoms with Crippen LogP contribution in [0.3, 0.4) is 0 Å². The minimum absolute atomic E-state index is 0.0259. The number of aromatic nitrogens is 2. The van der Waals surface area contributed by atoms with Crippen molar-refractivity contribution in [3.63, 3.8) is 0 Å². The molecule has 0 atom stereocenters. The molecule has 0 spiro atoms. The second kappa shape index (κ2) is 4.43. The van der Waals surface area contributed by atoms with E-state index in [0.717, 1.165) is 6.20 Å². The Labute approximate surface area is 118 Å². The first-order chi connectivity index (χ1) is 9.88. The van der Waals surface area contributed by atoms with Crippen molar-refractivity contribution in [3.05, 3.63) is 46.6 Å². The molecule has 2 aromatic carbocycles. The fraction of sp³-hybridized carbons (Fsp3) is 0. The average Bonchev–Trinajstić information content (AvgIpc) is 2.44. The number of sulfonamides is 1. The van der Waals surface area contributed by atoms with Crippen LogP contribution in [0.25, 0.3) is 21.8 Å². The Balaban J connectivity index is 2.43. The minimum Gasteiger partial charge on any atom is -0.358 e. The summed E-state index contributed by atoms with van der Waals surface area (Å²) in [6, 6.07) is 7.57. The largest absolute Gasteiger partial charge is 0.382 e. The van der Waals surface area contributed by atoms with Crippen LogP contribution in [-0.2, 0) is 10.0 Å². The molecule has 2 N–H and O–H groups in total. The highest BCUT2D eigenvalue weighted by atomic mass is 32.2. The number of fused-ring (bicyclic) bond motifs is 3. The molecular weight excluding hydrogens is 296 g/mol. The van der Waals surface area contributed by atoms with Crippen molar-refractivity contribution in [2.45, 2.75) is 4.90 Å². The van der Waals surface area contributed by atoms with E-state index in [2.05, 4.69) is 9.97 Å². The van der Waals surface area contributed by atoms with Crippen LogP contribution in [0, 0.1) is 10.1 Å². The first-order valence-electron chi connectivity index (χ1n) is 5.73. The summed E-state index contributed by atoms with van der Waals surface area (Å²) in [4.78, 5) is 17.9. The third-order valence-electron chi connectivity index (χ3n) is 3.01. The molecule has 0 unspecified atom stereocenters. The second-order valence-electron chi connectivity index (χ2n) is 4.31. The van der Waals surface area contributed by atoms with Gasteiger partial charge >= 0.3 is 5.82 Å². The van der Waals surface area contributed by atoms with Gasteiger partial charge in [0.2, 0.25) is 15.5 Å². The Hall–Kier alpha value is -2.65. The van der Waals surface area contributed by atoms with Crippen molar-refractivity contribution >= 4 is 37.6 Å². The number of hydrogen-bond acceptors (Lipinski definition) is 6. The molecule has 3 aromatic rings. The van der Waals surface area contributed by atoms with E-state index in [1.165, 1.54) is 24.3 Å². The smallest absolute Gasteiger partial charge is 0.358 e. The van der Waals surface area contributed by atoms with E-state index in [0.29, 0.717) is 21.8 Å². The highest BCUT2D eigenvalue weighted by molar-refractivity contribution is 7.89. The SMILES string of the molecule is NS(=O)(=O)c1cccc2c1ccc1nc([N+](=O)[O-])cnc12. The number of rotatable bonds is 2. The van der Waals surface area contributed by atoms with Crippen molar-refractivity contribution in [1.29, 1.82) is 0 Å². The Bertz CT molecular complexity index is 1000. The van der Waals surface area contributed by atoms with Gasteiger partial charge in [-0.05, 0) is 28.1 Å². The van der Waals surface area contributed by atoms with Crippen molar-refractivity contribution in [2.75, 3.05) is 0 Å². The summed E-state index contributed by atoms with van der Waals surface area (Å²) in [5.74, 6) is -0.371. The zero-order chi connectivity index (χ0) is 15.2. The number of primary sulfonamides is 1. The molecule has 0 aliphatic rings. The van der Waals surface area contributed by atoms with Gasteiger partial charge in [-0.2, -0.15) is 0 Å². The molecule has 0 fully saturated rings. The molecule has 1 aromatic heterocycles. The monoisotopic (exact) mass is 304 g/mol. The van der Waals surface area contributed by atoms with Gasteiger partial charge in [0.15, 0.2) is 0 Å². The molecule has 0 saturated carbocycles. The molecule has 1 heterocycles. The fourth-order valence-corrected chi connectivity index (χ4v) is 2.89. The van der Waals surface area contributed by atoms with E-state index < -0.39 is 14.9 Å². The summed E-state index contributed by atoms with van der Waals surface area (Å²) < 4.78 is 23.2. The Morgan fingerprint density at radius 2 is 1.90 bits per heavy atom. The zero-order valence-corrected chi connectivity index (χ0v) is 11.2. The van der Waals surface area contributed by atoms with Crippen molar-refractivity contribution in [1.82, 2.24) is 9.97 Å². The highest BCUT2D eigenvalue weighted by Gasteiger charge is 2.17. The summed E-state index contributed by atoms with van der Waals surface area (Å²) >= 11 is 0. The van der Waals surface area contributed by atoms with Gasteiger partial charge in [-0.15, -0.1) is 0 Å². The Kier molecular flexibility index (Phi) is 2.81. The van der Waals surface area contributed by atoms with Crippen LogP contribution in [0.15, 0.2) is 41.4 Å². The maximum Gasteiger partial charge on any atom is 0.382 e. The zero-order valence-electron chi connectivity index (χ0n) is 10.4. The molecular formula is C12H8N4O4S. The Morgan fingerprint density at radius 3 is 2.57 bits per heavy atom. The molecule has 0 aliphatic carbocycles. The Morgan fingerprint density at radius 1 is 1.14 bits per heavy atom. The molecule has 0 aliphatic heterocycles. The van der Waals surface area contributed by atoms with Crippen LogP contribution in [0.4, 0.5) is 5.82 Å². The predicted octanol–water partition coefficient (Wildman–Crippen LogP) is 1.34. The van der Waals surface area contributed by atoms with Gasteiger partial charge in [-0.3, -0.25) is 0 Å². The van der Waals surface area contributed by atoms with E-state index in [-0.39, 0.29) is 10.7 Å². The summed E-state index contributed by atoms with van der Waals surface area (Å²) in [5, 5.41) is 16.8. The van der Waals surface area contributed by atoms with Crippen LogP contribution in [-0.4, -0.2) is 23.3 Å². The normalized spacial score (nSPS) is 11.9. The number of nitro groups is 1. The van der Waals surface area contributed by atoms with Gasteiger partial charge < -0.3 is 10.1 Å². The van der Waals surface area contributed by atoms with Gasteiger partial charge in [0.1, 0.15) is 11.7 Å². The molecule has 0 saturated heterocycles. The van der Waals surface area contributed by atoms with Gasteiger partial charge in [-0.25, -0.2) is 18.5 Å². The lowest BCUT2D eigenvalue weighted by molar-refractivity contribution is -0.389. The van der Waals surface area contributed by atoms with Crippen LogP contribution in [0.5, 0.6) is 0 Å². The number of benzene rings is 2. The number of nitrogens with two attached hydrogens (primary N) is 1. The van der Waals surface area contributed by atoms with Gasteiger partial charge in [-0.1, -0.05) is 12.1 Å². The first kappa shape index (κ1) is 13.3. The molecule has 8 nitrogen and oxygen atoms in total. The molecule has 21 heavy (non-hydrogen) atoms. The lowest BCUT2D eigenvalue weighted by atomic mass is 10.1. The van der Waals surface area contributed by atoms with Crippen molar-refractivity contribution in [3.8, 4) is 0 Å². The molecule has 106 valence electrons. The lowest BCUT2D eigenvalue weighted by Crippen LogP contribution is -2.12. The minimum atomic E-state index is -3.88. The van der Waals surface area contributed by atoms with Crippen LogP contribution in [0.1, 0.15) is 0 Å². The highest BCUT2D eigenvalue weighted by Crippen LogP contribution is 2.28. The van der Waals surface area contributed by atoms with E-state index >= 15 is 0 Å². The molecule has 3 rings (SSSR count).